The Balaban J connectivity index is 1.46. The second-order valence-electron chi connectivity index (χ2n) is 12.5. The summed E-state index contributed by atoms with van der Waals surface area (Å²) < 4.78 is 2.57. The number of allylic oxidation sites excluding steroid dienone is 1. The highest BCUT2D eigenvalue weighted by Gasteiger charge is 2.33. The molecule has 1 aliphatic carbocycles. The number of benzene rings is 2. The van der Waals surface area contributed by atoms with Crippen molar-refractivity contribution in [3.8, 4) is 0 Å². The van der Waals surface area contributed by atoms with Gasteiger partial charge in [0.2, 0.25) is 0 Å². The van der Waals surface area contributed by atoms with Crippen molar-refractivity contribution >= 4 is 33.9 Å². The Morgan fingerprint density at radius 1 is 1.07 bits per heavy atom. The summed E-state index contributed by atoms with van der Waals surface area (Å²) in [4.78, 5) is 18.2. The van der Waals surface area contributed by atoms with Crippen molar-refractivity contribution in [3.05, 3.63) is 65.4 Å². The maximum absolute atomic E-state index is 13.7. The van der Waals surface area contributed by atoms with E-state index in [1.165, 1.54) is 40.8 Å². The fourth-order valence-corrected chi connectivity index (χ4v) is 6.70. The predicted molar refractivity (Wildman–Crippen MR) is 170 cm³/mol. The van der Waals surface area contributed by atoms with Gasteiger partial charge in [0.1, 0.15) is 0 Å². The average Bonchev–Trinajstić information content (AvgIpc) is 3.72. The minimum atomic E-state index is 0.0637. The van der Waals surface area contributed by atoms with Gasteiger partial charge in [-0.15, -0.1) is 0 Å². The van der Waals surface area contributed by atoms with Crippen molar-refractivity contribution in [1.82, 2.24) is 14.5 Å². The number of hydrogen-bond donors (Lipinski definition) is 1. The summed E-state index contributed by atoms with van der Waals surface area (Å²) in [6.45, 7) is 8.62. The lowest BCUT2D eigenvalue weighted by Gasteiger charge is -2.43. The number of nitrogens with two attached hydrogens (primary N) is 1. The van der Waals surface area contributed by atoms with E-state index in [1.807, 2.05) is 4.90 Å². The van der Waals surface area contributed by atoms with E-state index in [2.05, 4.69) is 96.0 Å². The Morgan fingerprint density at radius 3 is 2.61 bits per heavy atom. The highest BCUT2D eigenvalue weighted by Crippen LogP contribution is 2.43. The fourth-order valence-electron chi connectivity index (χ4n) is 6.70. The van der Waals surface area contributed by atoms with Crippen LogP contribution in [-0.4, -0.2) is 66.7 Å². The maximum atomic E-state index is 13.7. The van der Waals surface area contributed by atoms with E-state index in [1.54, 1.807) is 0 Å². The van der Waals surface area contributed by atoms with Gasteiger partial charge in [0.15, 0.2) is 0 Å². The molecule has 218 valence electrons. The van der Waals surface area contributed by atoms with E-state index in [0.29, 0.717) is 6.54 Å². The van der Waals surface area contributed by atoms with Crippen molar-refractivity contribution in [2.45, 2.75) is 65.0 Å². The normalized spacial score (nSPS) is 19.8. The molecular weight excluding hydrogens is 508 g/mol. The molecule has 1 unspecified atom stereocenters. The van der Waals surface area contributed by atoms with Crippen LogP contribution >= 0.6 is 0 Å². The van der Waals surface area contributed by atoms with Gasteiger partial charge >= 0.3 is 0 Å². The summed E-state index contributed by atoms with van der Waals surface area (Å²) in [6.07, 6.45) is 9.16. The van der Waals surface area contributed by atoms with Crippen LogP contribution in [0.4, 0.5) is 11.4 Å². The van der Waals surface area contributed by atoms with E-state index >= 15 is 0 Å². The van der Waals surface area contributed by atoms with Gasteiger partial charge in [0.25, 0.3) is 5.91 Å². The van der Waals surface area contributed by atoms with Crippen LogP contribution in [0.3, 0.4) is 0 Å². The largest absolute Gasteiger partial charge is 0.339 e. The Bertz CT molecular complexity index is 1450. The molecule has 1 saturated carbocycles. The zero-order valence-electron chi connectivity index (χ0n) is 25.3. The van der Waals surface area contributed by atoms with Gasteiger partial charge in [-0.2, -0.15) is 0 Å². The molecule has 2 aromatic carbocycles. The minimum absolute atomic E-state index is 0.0637. The van der Waals surface area contributed by atoms with Crippen LogP contribution in [0.5, 0.6) is 0 Å². The third kappa shape index (κ3) is 5.50. The zero-order chi connectivity index (χ0) is 28.7. The maximum Gasteiger partial charge on any atom is 0.253 e. The topological polar surface area (TPSA) is 61.0 Å². The van der Waals surface area contributed by atoms with Crippen LogP contribution in [0.25, 0.3) is 16.6 Å². The Morgan fingerprint density at radius 2 is 1.88 bits per heavy atom. The number of carbonyl (C=O) groups excluding carboxylic acids is 1. The van der Waals surface area contributed by atoms with E-state index in [0.717, 1.165) is 74.6 Å². The summed E-state index contributed by atoms with van der Waals surface area (Å²) in [5.74, 6) is 0.862. The molecule has 3 aliphatic rings. The number of piperidine rings is 1. The minimum Gasteiger partial charge on any atom is -0.339 e. The quantitative estimate of drug-likeness (QED) is 0.378. The first-order valence-electron chi connectivity index (χ1n) is 15.6. The summed E-state index contributed by atoms with van der Waals surface area (Å²) in [5.41, 5.74) is 14.3. The standard InChI is InChI=1S/C34H46N6O/c1-5-6-12-30(31-20-26-10-7-8-13-29(26)39(31)22-25-14-15-25)38-17-18-40(36(3)4)32-21-27(19-24(2)33(32)38)34(41)37-16-9-11-28(35)23-37/h7-8,10,12-13,19-21,25,28H,5-6,9,11,14-18,22-23,35H2,1-4H3/b30-12+. The number of likely N-dealkylation sites (tertiary alicyclic amines) is 1. The molecule has 0 radical (unpaired) electrons. The Hall–Kier alpha value is -3.29. The smallest absolute Gasteiger partial charge is 0.253 e. The highest BCUT2D eigenvalue weighted by atomic mass is 16.2. The number of anilines is 2. The number of rotatable bonds is 8. The van der Waals surface area contributed by atoms with E-state index in [9.17, 15) is 4.79 Å². The van der Waals surface area contributed by atoms with Crippen LogP contribution in [0.2, 0.25) is 0 Å². The highest BCUT2D eigenvalue weighted by molar-refractivity contribution is 5.99. The lowest BCUT2D eigenvalue weighted by Crippen LogP contribution is -2.48. The summed E-state index contributed by atoms with van der Waals surface area (Å²) in [7, 11) is 4.18. The fraction of sp³-hybridized carbons (Fsp3) is 0.500. The van der Waals surface area contributed by atoms with Gasteiger partial charge in [-0.05, 0) is 74.8 Å². The van der Waals surface area contributed by atoms with Crippen LogP contribution in [0.15, 0.2) is 48.5 Å². The van der Waals surface area contributed by atoms with Gasteiger partial charge in [0.05, 0.1) is 29.3 Å². The number of para-hydroxylation sites is 1. The molecule has 3 heterocycles. The molecule has 1 aromatic heterocycles. The molecule has 0 bridgehead atoms. The second-order valence-corrected chi connectivity index (χ2v) is 12.5. The molecule has 7 nitrogen and oxygen atoms in total. The summed E-state index contributed by atoms with van der Waals surface area (Å²) in [6, 6.07) is 15.5. The van der Waals surface area contributed by atoms with Crippen LogP contribution in [-0.2, 0) is 6.54 Å². The van der Waals surface area contributed by atoms with E-state index in [4.69, 9.17) is 5.73 Å². The number of nitrogens with zero attached hydrogens (tertiary/aromatic N) is 5. The number of aromatic nitrogens is 1. The number of carbonyl (C=O) groups is 1. The molecular formula is C34H46N6O. The van der Waals surface area contributed by atoms with Crippen molar-refractivity contribution in [3.63, 3.8) is 0 Å². The first kappa shape index (κ1) is 27.9. The van der Waals surface area contributed by atoms with Gasteiger partial charge in [-0.1, -0.05) is 37.6 Å². The molecule has 2 aliphatic heterocycles. The van der Waals surface area contributed by atoms with Gasteiger partial charge in [0, 0.05) is 62.8 Å². The van der Waals surface area contributed by atoms with E-state index in [-0.39, 0.29) is 11.9 Å². The average molecular weight is 555 g/mol. The van der Waals surface area contributed by atoms with Gasteiger partial charge in [-0.3, -0.25) is 4.79 Å². The molecule has 41 heavy (non-hydrogen) atoms. The van der Waals surface area contributed by atoms with Crippen molar-refractivity contribution in [2.75, 3.05) is 50.2 Å². The predicted octanol–water partition coefficient (Wildman–Crippen LogP) is 5.87. The molecule has 1 atom stereocenters. The summed E-state index contributed by atoms with van der Waals surface area (Å²) >= 11 is 0. The number of aryl methyl sites for hydroxylation is 1. The molecule has 1 saturated heterocycles. The molecule has 2 N–H and O–H groups in total. The van der Waals surface area contributed by atoms with Gasteiger partial charge in [-0.25, -0.2) is 5.01 Å². The number of amides is 1. The molecule has 2 fully saturated rings. The number of fused-ring (bicyclic) bond motifs is 2. The Labute approximate surface area is 245 Å². The molecule has 3 aromatic rings. The first-order valence-corrected chi connectivity index (χ1v) is 15.6. The number of hydrogen-bond acceptors (Lipinski definition) is 5. The monoisotopic (exact) mass is 554 g/mol. The number of hydrazine groups is 1. The van der Waals surface area contributed by atoms with Crippen molar-refractivity contribution in [1.29, 1.82) is 0 Å². The lowest BCUT2D eigenvalue weighted by molar-refractivity contribution is 0.0708. The molecule has 0 spiro atoms. The third-order valence-electron chi connectivity index (χ3n) is 8.97. The Kier molecular flexibility index (Phi) is 7.84. The first-order chi connectivity index (χ1) is 19.9. The van der Waals surface area contributed by atoms with Crippen molar-refractivity contribution in [2.24, 2.45) is 11.7 Å². The molecule has 1 amide bonds. The second kappa shape index (κ2) is 11.5. The van der Waals surface area contributed by atoms with Crippen LogP contribution in [0, 0.1) is 12.8 Å². The number of unbranched alkanes of at least 4 members (excludes halogenated alkanes) is 1. The van der Waals surface area contributed by atoms with Crippen LogP contribution in [0.1, 0.15) is 67.1 Å². The van der Waals surface area contributed by atoms with Crippen molar-refractivity contribution < 1.29 is 4.79 Å². The zero-order valence-corrected chi connectivity index (χ0v) is 25.3. The third-order valence-corrected chi connectivity index (χ3v) is 8.97. The molecule has 6 rings (SSSR count). The van der Waals surface area contributed by atoms with E-state index < -0.39 is 0 Å². The van der Waals surface area contributed by atoms with Gasteiger partial charge < -0.3 is 25.1 Å². The lowest BCUT2D eigenvalue weighted by atomic mass is 10.00. The van der Waals surface area contributed by atoms with Crippen LogP contribution < -0.4 is 15.6 Å². The molecule has 7 heteroatoms. The SMILES string of the molecule is CCC/C=C(\c1cc2ccccc2n1CC1CC1)N1CCN(N(C)C)c2cc(C(=O)N3CCCC(N)C3)cc(C)c21. The summed E-state index contributed by atoms with van der Waals surface area (Å²) in [5, 5.41) is 5.77.